The number of anilines is 1. The van der Waals surface area contributed by atoms with Crippen molar-refractivity contribution in [2.45, 2.75) is 13.0 Å². The summed E-state index contributed by atoms with van der Waals surface area (Å²) < 4.78 is 13.4. The smallest absolute Gasteiger partial charge is 0.140 e. The van der Waals surface area contributed by atoms with Crippen LogP contribution in [-0.2, 0) is 0 Å². The van der Waals surface area contributed by atoms with Gasteiger partial charge in [-0.2, -0.15) is 11.8 Å². The third-order valence-corrected chi connectivity index (χ3v) is 4.41. The fraction of sp³-hybridized carbons (Fsp3) is 0.385. The molecular weight excluding hydrogens is 249 g/mol. The molecule has 94 valence electrons. The molecule has 1 aromatic heterocycles. The molecular formula is C13H14FN3S. The normalized spacial score (nSPS) is 20.3. The molecule has 18 heavy (non-hydrogen) atoms. The van der Waals surface area contributed by atoms with E-state index >= 15 is 0 Å². The Labute approximate surface area is 109 Å². The SMILES string of the molecule is C[C@H]1CSCCN1c1ncnc2ccc(F)cc12. The molecule has 2 aromatic rings. The topological polar surface area (TPSA) is 29.0 Å². The molecule has 2 heterocycles. The molecule has 1 atom stereocenters. The highest BCUT2D eigenvalue weighted by atomic mass is 32.2. The van der Waals surface area contributed by atoms with Crippen LogP contribution in [0.2, 0.25) is 0 Å². The van der Waals surface area contributed by atoms with Gasteiger partial charge in [0.25, 0.3) is 0 Å². The molecule has 0 radical (unpaired) electrons. The number of halogens is 1. The molecule has 1 aliphatic heterocycles. The van der Waals surface area contributed by atoms with E-state index in [0.717, 1.165) is 34.8 Å². The van der Waals surface area contributed by atoms with Gasteiger partial charge in [-0.15, -0.1) is 0 Å². The van der Waals surface area contributed by atoms with Crippen molar-refractivity contribution in [2.75, 3.05) is 23.0 Å². The first-order valence-corrected chi connectivity index (χ1v) is 7.16. The van der Waals surface area contributed by atoms with E-state index in [0.29, 0.717) is 6.04 Å². The Kier molecular flexibility index (Phi) is 3.07. The Morgan fingerprint density at radius 2 is 2.28 bits per heavy atom. The molecule has 1 saturated heterocycles. The van der Waals surface area contributed by atoms with Crippen molar-refractivity contribution in [3.63, 3.8) is 0 Å². The first-order valence-electron chi connectivity index (χ1n) is 6.00. The van der Waals surface area contributed by atoms with Crippen molar-refractivity contribution in [2.24, 2.45) is 0 Å². The zero-order valence-electron chi connectivity index (χ0n) is 10.1. The van der Waals surface area contributed by atoms with Crippen molar-refractivity contribution in [3.05, 3.63) is 30.3 Å². The molecule has 1 aliphatic rings. The summed E-state index contributed by atoms with van der Waals surface area (Å²) in [4.78, 5) is 10.8. The van der Waals surface area contributed by atoms with Crippen molar-refractivity contribution in [1.82, 2.24) is 9.97 Å². The zero-order valence-corrected chi connectivity index (χ0v) is 11.0. The van der Waals surface area contributed by atoms with Crippen molar-refractivity contribution in [1.29, 1.82) is 0 Å². The van der Waals surface area contributed by atoms with Gasteiger partial charge in [0, 0.05) is 29.5 Å². The summed E-state index contributed by atoms with van der Waals surface area (Å²) in [6.45, 7) is 3.13. The van der Waals surface area contributed by atoms with Crippen LogP contribution in [0.15, 0.2) is 24.5 Å². The Morgan fingerprint density at radius 1 is 1.39 bits per heavy atom. The van der Waals surface area contributed by atoms with Gasteiger partial charge < -0.3 is 4.90 Å². The summed E-state index contributed by atoms with van der Waals surface area (Å²) in [5.41, 5.74) is 0.798. The van der Waals surface area contributed by atoms with Crippen LogP contribution >= 0.6 is 11.8 Å². The van der Waals surface area contributed by atoms with Crippen LogP contribution in [0.3, 0.4) is 0 Å². The van der Waals surface area contributed by atoms with E-state index in [2.05, 4.69) is 21.8 Å². The minimum Gasteiger partial charge on any atom is -0.352 e. The van der Waals surface area contributed by atoms with Crippen LogP contribution in [0, 0.1) is 5.82 Å². The summed E-state index contributed by atoms with van der Waals surface area (Å²) in [5, 5.41) is 0.802. The van der Waals surface area contributed by atoms with Crippen LogP contribution in [0.25, 0.3) is 10.9 Å². The van der Waals surface area contributed by atoms with E-state index in [-0.39, 0.29) is 5.82 Å². The van der Waals surface area contributed by atoms with Crippen LogP contribution in [0.4, 0.5) is 10.2 Å². The van der Waals surface area contributed by atoms with Gasteiger partial charge in [0.1, 0.15) is 18.0 Å². The second-order valence-corrected chi connectivity index (χ2v) is 5.63. The lowest BCUT2D eigenvalue weighted by atomic mass is 10.2. The van der Waals surface area contributed by atoms with Gasteiger partial charge in [-0.05, 0) is 25.1 Å². The second-order valence-electron chi connectivity index (χ2n) is 4.48. The van der Waals surface area contributed by atoms with Crippen molar-refractivity contribution in [3.8, 4) is 0 Å². The van der Waals surface area contributed by atoms with Gasteiger partial charge in [0.2, 0.25) is 0 Å². The second kappa shape index (κ2) is 4.72. The van der Waals surface area contributed by atoms with Gasteiger partial charge in [-0.3, -0.25) is 0 Å². The number of nitrogens with zero attached hydrogens (tertiary/aromatic N) is 3. The standard InChI is InChI=1S/C13H14FN3S/c1-9-7-18-5-4-17(9)13-11-6-10(14)2-3-12(11)15-8-16-13/h2-3,6,8-9H,4-5,7H2,1H3/t9-/m0/s1. The summed E-state index contributed by atoms with van der Waals surface area (Å²) >= 11 is 1.95. The number of hydrogen-bond donors (Lipinski definition) is 0. The molecule has 0 saturated carbocycles. The summed E-state index contributed by atoms with van der Waals surface area (Å²) in [6, 6.07) is 5.09. The Morgan fingerprint density at radius 3 is 3.11 bits per heavy atom. The zero-order chi connectivity index (χ0) is 12.5. The maximum absolute atomic E-state index is 13.4. The molecule has 1 aromatic carbocycles. The third kappa shape index (κ3) is 2.03. The van der Waals surface area contributed by atoms with Gasteiger partial charge >= 0.3 is 0 Å². The van der Waals surface area contributed by atoms with Crippen molar-refractivity contribution < 1.29 is 4.39 Å². The van der Waals surface area contributed by atoms with Crippen LogP contribution in [0.5, 0.6) is 0 Å². The predicted molar refractivity (Wildman–Crippen MR) is 73.6 cm³/mol. The highest BCUT2D eigenvalue weighted by Crippen LogP contribution is 2.28. The van der Waals surface area contributed by atoms with Gasteiger partial charge in [0.15, 0.2) is 0 Å². The van der Waals surface area contributed by atoms with Gasteiger partial charge in [-0.1, -0.05) is 0 Å². The minimum absolute atomic E-state index is 0.238. The van der Waals surface area contributed by atoms with E-state index in [4.69, 9.17) is 0 Å². The van der Waals surface area contributed by atoms with E-state index < -0.39 is 0 Å². The third-order valence-electron chi connectivity index (χ3n) is 3.22. The lowest BCUT2D eigenvalue weighted by molar-refractivity contribution is 0.629. The highest BCUT2D eigenvalue weighted by Gasteiger charge is 2.21. The van der Waals surface area contributed by atoms with Gasteiger partial charge in [0.05, 0.1) is 5.52 Å². The van der Waals surface area contributed by atoms with E-state index in [9.17, 15) is 4.39 Å². The van der Waals surface area contributed by atoms with Crippen LogP contribution in [0.1, 0.15) is 6.92 Å². The van der Waals surface area contributed by atoms with E-state index in [1.54, 1.807) is 12.4 Å². The van der Waals surface area contributed by atoms with Crippen LogP contribution < -0.4 is 4.90 Å². The lowest BCUT2D eigenvalue weighted by Gasteiger charge is -2.34. The highest BCUT2D eigenvalue weighted by molar-refractivity contribution is 7.99. The molecule has 0 bridgehead atoms. The average Bonchev–Trinajstić information content (AvgIpc) is 2.39. The molecule has 3 nitrogen and oxygen atoms in total. The Balaban J connectivity index is 2.12. The predicted octanol–water partition coefficient (Wildman–Crippen LogP) is 2.71. The average molecular weight is 263 g/mol. The minimum atomic E-state index is -0.238. The first-order chi connectivity index (χ1) is 8.75. The van der Waals surface area contributed by atoms with Crippen LogP contribution in [-0.4, -0.2) is 34.1 Å². The molecule has 0 amide bonds. The van der Waals surface area contributed by atoms with E-state index in [1.165, 1.54) is 12.1 Å². The fourth-order valence-corrected chi connectivity index (χ4v) is 3.30. The quantitative estimate of drug-likeness (QED) is 0.791. The Bertz CT molecular complexity index is 575. The maximum atomic E-state index is 13.4. The number of hydrogen-bond acceptors (Lipinski definition) is 4. The number of benzene rings is 1. The first kappa shape index (κ1) is 11.7. The molecule has 0 unspecified atom stereocenters. The largest absolute Gasteiger partial charge is 0.352 e. The molecule has 0 aliphatic carbocycles. The fourth-order valence-electron chi connectivity index (χ4n) is 2.29. The molecule has 5 heteroatoms. The van der Waals surface area contributed by atoms with Gasteiger partial charge in [-0.25, -0.2) is 14.4 Å². The molecule has 3 rings (SSSR count). The summed E-state index contributed by atoms with van der Waals surface area (Å²) in [5.74, 6) is 2.79. The Hall–Kier alpha value is -1.36. The molecule has 0 N–H and O–H groups in total. The monoisotopic (exact) mass is 263 g/mol. The summed E-state index contributed by atoms with van der Waals surface area (Å²) in [6.07, 6.45) is 1.56. The summed E-state index contributed by atoms with van der Waals surface area (Å²) in [7, 11) is 0. The number of aromatic nitrogens is 2. The lowest BCUT2D eigenvalue weighted by Crippen LogP contribution is -2.41. The number of fused-ring (bicyclic) bond motifs is 1. The molecule has 0 spiro atoms. The number of rotatable bonds is 1. The molecule has 1 fully saturated rings. The maximum Gasteiger partial charge on any atom is 0.140 e. The van der Waals surface area contributed by atoms with E-state index in [1.807, 2.05) is 11.8 Å². The number of thioether (sulfide) groups is 1. The van der Waals surface area contributed by atoms with Crippen molar-refractivity contribution >= 4 is 28.5 Å².